The van der Waals surface area contributed by atoms with Crippen LogP contribution in [0.1, 0.15) is 12.8 Å². The van der Waals surface area contributed by atoms with E-state index in [-0.39, 0.29) is 18.4 Å². The molecule has 0 aromatic heterocycles. The van der Waals surface area contributed by atoms with Gasteiger partial charge in [-0.25, -0.2) is 0 Å². The number of aliphatic hydroxyl groups excluding tert-OH is 1. The lowest BCUT2D eigenvalue weighted by atomic mass is 9.99. The second-order valence-corrected chi connectivity index (χ2v) is 4.27. The zero-order valence-electron chi connectivity index (χ0n) is 9.07. The monoisotopic (exact) mass is 200 g/mol. The summed E-state index contributed by atoms with van der Waals surface area (Å²) in [6, 6.07) is 0. The van der Waals surface area contributed by atoms with Gasteiger partial charge in [-0.1, -0.05) is 0 Å². The summed E-state index contributed by atoms with van der Waals surface area (Å²) in [5, 5.41) is 9.02. The number of carbonyl (C=O) groups is 1. The Bertz CT molecular complexity index is 195. The third kappa shape index (κ3) is 3.27. The molecular weight excluding hydrogens is 180 g/mol. The molecule has 0 bridgehead atoms. The average Bonchev–Trinajstić information content (AvgIpc) is 2.17. The van der Waals surface area contributed by atoms with Crippen molar-refractivity contribution in [3.05, 3.63) is 0 Å². The van der Waals surface area contributed by atoms with Crippen molar-refractivity contribution in [1.82, 2.24) is 9.80 Å². The lowest BCUT2D eigenvalue weighted by Gasteiger charge is -2.32. The van der Waals surface area contributed by atoms with Gasteiger partial charge in [0.25, 0.3) is 0 Å². The van der Waals surface area contributed by atoms with Crippen LogP contribution < -0.4 is 0 Å². The maximum Gasteiger partial charge on any atom is 0.236 e. The van der Waals surface area contributed by atoms with E-state index in [2.05, 4.69) is 0 Å². The SMILES string of the molecule is CN(C)CC(=O)N1CCCC(CO)C1. The average molecular weight is 200 g/mol. The molecule has 82 valence electrons. The fourth-order valence-corrected chi connectivity index (χ4v) is 1.81. The lowest BCUT2D eigenvalue weighted by molar-refractivity contribution is -0.133. The van der Waals surface area contributed by atoms with Crippen LogP contribution >= 0.6 is 0 Å². The maximum absolute atomic E-state index is 11.7. The molecule has 0 aromatic carbocycles. The third-order valence-corrected chi connectivity index (χ3v) is 2.58. The summed E-state index contributed by atoms with van der Waals surface area (Å²) in [7, 11) is 3.79. The molecule has 1 N–H and O–H groups in total. The molecule has 0 radical (unpaired) electrons. The Labute approximate surface area is 85.5 Å². The number of hydrogen-bond donors (Lipinski definition) is 1. The van der Waals surface area contributed by atoms with Crippen molar-refractivity contribution in [2.24, 2.45) is 5.92 Å². The van der Waals surface area contributed by atoms with Gasteiger partial charge in [0.2, 0.25) is 5.91 Å². The van der Waals surface area contributed by atoms with Crippen molar-refractivity contribution >= 4 is 5.91 Å². The van der Waals surface area contributed by atoms with Crippen molar-refractivity contribution in [1.29, 1.82) is 0 Å². The van der Waals surface area contributed by atoms with Gasteiger partial charge >= 0.3 is 0 Å². The van der Waals surface area contributed by atoms with Gasteiger partial charge in [-0.15, -0.1) is 0 Å². The fourth-order valence-electron chi connectivity index (χ4n) is 1.81. The summed E-state index contributed by atoms with van der Waals surface area (Å²) in [6.45, 7) is 2.25. The summed E-state index contributed by atoms with van der Waals surface area (Å²) in [5.41, 5.74) is 0. The van der Waals surface area contributed by atoms with E-state index >= 15 is 0 Å². The first-order valence-corrected chi connectivity index (χ1v) is 5.17. The number of piperidine rings is 1. The number of aliphatic hydroxyl groups is 1. The minimum absolute atomic E-state index is 0.174. The first-order chi connectivity index (χ1) is 6.63. The van der Waals surface area contributed by atoms with Gasteiger partial charge < -0.3 is 14.9 Å². The van der Waals surface area contributed by atoms with Crippen LogP contribution in [-0.4, -0.2) is 61.2 Å². The summed E-state index contributed by atoms with van der Waals surface area (Å²) >= 11 is 0. The van der Waals surface area contributed by atoms with Gasteiger partial charge in [-0.05, 0) is 32.9 Å². The normalized spacial score (nSPS) is 22.9. The predicted molar refractivity (Wildman–Crippen MR) is 54.9 cm³/mol. The third-order valence-electron chi connectivity index (χ3n) is 2.58. The number of carbonyl (C=O) groups excluding carboxylic acids is 1. The Hall–Kier alpha value is -0.610. The van der Waals surface area contributed by atoms with Gasteiger partial charge in [0.1, 0.15) is 0 Å². The first-order valence-electron chi connectivity index (χ1n) is 5.17. The number of likely N-dealkylation sites (tertiary alicyclic amines) is 1. The van der Waals surface area contributed by atoms with Crippen molar-refractivity contribution in [2.75, 3.05) is 40.3 Å². The zero-order valence-corrected chi connectivity index (χ0v) is 9.07. The van der Waals surface area contributed by atoms with E-state index in [4.69, 9.17) is 5.11 Å². The number of rotatable bonds is 3. The molecule has 1 saturated heterocycles. The standard InChI is InChI=1S/C10H20N2O2/c1-11(2)7-10(14)12-5-3-4-9(6-12)8-13/h9,13H,3-8H2,1-2H3. The molecule has 1 aliphatic heterocycles. The van der Waals surface area contributed by atoms with E-state index in [1.165, 1.54) is 0 Å². The smallest absolute Gasteiger partial charge is 0.236 e. The Morgan fingerprint density at radius 1 is 1.57 bits per heavy atom. The van der Waals surface area contributed by atoms with Gasteiger partial charge in [-0.3, -0.25) is 4.79 Å². The lowest BCUT2D eigenvalue weighted by Crippen LogP contribution is -2.44. The molecule has 4 nitrogen and oxygen atoms in total. The molecule has 1 atom stereocenters. The Kier molecular flexibility index (Phi) is 4.35. The van der Waals surface area contributed by atoms with Crippen molar-refractivity contribution < 1.29 is 9.90 Å². The second-order valence-electron chi connectivity index (χ2n) is 4.27. The van der Waals surface area contributed by atoms with Crippen LogP contribution in [0.25, 0.3) is 0 Å². The van der Waals surface area contributed by atoms with Gasteiger partial charge in [-0.2, -0.15) is 0 Å². The Balaban J connectivity index is 2.39. The summed E-state index contributed by atoms with van der Waals surface area (Å²) in [6.07, 6.45) is 2.06. The van der Waals surface area contributed by atoms with Crippen LogP contribution in [0.15, 0.2) is 0 Å². The van der Waals surface area contributed by atoms with E-state index in [9.17, 15) is 4.79 Å². The van der Waals surface area contributed by atoms with Crippen LogP contribution in [0.2, 0.25) is 0 Å². The molecule has 1 heterocycles. The van der Waals surface area contributed by atoms with E-state index in [1.807, 2.05) is 23.9 Å². The van der Waals surface area contributed by atoms with Crippen LogP contribution in [0, 0.1) is 5.92 Å². The van der Waals surface area contributed by atoms with Crippen LogP contribution in [-0.2, 0) is 4.79 Å². The Morgan fingerprint density at radius 2 is 2.29 bits per heavy atom. The molecule has 14 heavy (non-hydrogen) atoms. The second kappa shape index (κ2) is 5.32. The summed E-state index contributed by atoms with van der Waals surface area (Å²) in [4.78, 5) is 15.4. The minimum atomic E-state index is 0.174. The van der Waals surface area contributed by atoms with E-state index in [0.29, 0.717) is 6.54 Å². The molecule has 0 saturated carbocycles. The van der Waals surface area contributed by atoms with Gasteiger partial charge in [0.05, 0.1) is 6.54 Å². The topological polar surface area (TPSA) is 43.8 Å². The highest BCUT2D eigenvalue weighted by Crippen LogP contribution is 2.15. The number of hydrogen-bond acceptors (Lipinski definition) is 3. The zero-order chi connectivity index (χ0) is 10.6. The van der Waals surface area contributed by atoms with Crippen molar-refractivity contribution in [3.8, 4) is 0 Å². The minimum Gasteiger partial charge on any atom is -0.396 e. The maximum atomic E-state index is 11.7. The van der Waals surface area contributed by atoms with Crippen LogP contribution in [0.4, 0.5) is 0 Å². The van der Waals surface area contributed by atoms with Crippen LogP contribution in [0.3, 0.4) is 0 Å². The van der Waals surface area contributed by atoms with Gasteiger partial charge in [0, 0.05) is 19.7 Å². The Morgan fingerprint density at radius 3 is 2.86 bits per heavy atom. The molecule has 1 unspecified atom stereocenters. The van der Waals surface area contributed by atoms with Crippen LogP contribution in [0.5, 0.6) is 0 Å². The molecule has 1 rings (SSSR count). The van der Waals surface area contributed by atoms with Crippen molar-refractivity contribution in [2.45, 2.75) is 12.8 Å². The van der Waals surface area contributed by atoms with Crippen molar-refractivity contribution in [3.63, 3.8) is 0 Å². The molecule has 0 aromatic rings. The fraction of sp³-hybridized carbons (Fsp3) is 0.900. The van der Waals surface area contributed by atoms with E-state index < -0.39 is 0 Å². The molecule has 1 amide bonds. The highest BCUT2D eigenvalue weighted by Gasteiger charge is 2.22. The summed E-state index contributed by atoms with van der Waals surface area (Å²) < 4.78 is 0. The number of likely N-dealkylation sites (N-methyl/N-ethyl adjacent to an activating group) is 1. The molecule has 0 aliphatic carbocycles. The predicted octanol–water partition coefficient (Wildman–Crippen LogP) is -0.221. The molecule has 0 spiro atoms. The van der Waals surface area contributed by atoms with Gasteiger partial charge in [0.15, 0.2) is 0 Å². The van der Waals surface area contributed by atoms with E-state index in [0.717, 1.165) is 25.9 Å². The molecule has 4 heteroatoms. The molecule has 1 aliphatic rings. The highest BCUT2D eigenvalue weighted by atomic mass is 16.3. The highest BCUT2D eigenvalue weighted by molar-refractivity contribution is 5.78. The summed E-state index contributed by atoms with van der Waals surface area (Å²) in [5.74, 6) is 0.461. The molecule has 1 fully saturated rings. The quantitative estimate of drug-likeness (QED) is 0.685. The van der Waals surface area contributed by atoms with E-state index in [1.54, 1.807) is 0 Å². The number of nitrogens with zero attached hydrogens (tertiary/aromatic N) is 2. The first kappa shape index (κ1) is 11.5. The number of amides is 1. The largest absolute Gasteiger partial charge is 0.396 e. The molecular formula is C10H20N2O2.